The van der Waals surface area contributed by atoms with Crippen LogP contribution in [0.5, 0.6) is 0 Å². The van der Waals surface area contributed by atoms with Crippen LogP contribution in [0.15, 0.2) is 59.8 Å². The van der Waals surface area contributed by atoms with E-state index in [-0.39, 0.29) is 4.90 Å². The lowest BCUT2D eigenvalue weighted by atomic mass is 10.0. The fourth-order valence-corrected chi connectivity index (χ4v) is 5.73. The molecule has 9 heteroatoms. The normalized spacial score (nSPS) is 11.7. The zero-order chi connectivity index (χ0) is 23.3. The molecule has 0 amide bonds. The van der Waals surface area contributed by atoms with Crippen LogP contribution in [0.25, 0.3) is 31.6 Å². The smallest absolute Gasteiger partial charge is 0.238 e. The van der Waals surface area contributed by atoms with Crippen molar-refractivity contribution < 1.29 is 8.42 Å². The number of fused-ring (bicyclic) bond motifs is 2. The molecule has 3 heterocycles. The molecule has 0 atom stereocenters. The van der Waals surface area contributed by atoms with Gasteiger partial charge in [0.25, 0.3) is 0 Å². The first-order valence-electron chi connectivity index (χ1n) is 10.1. The van der Waals surface area contributed by atoms with Crippen molar-refractivity contribution in [3.05, 3.63) is 71.5 Å². The van der Waals surface area contributed by atoms with Gasteiger partial charge in [-0.2, -0.15) is 5.26 Å². The molecule has 0 aliphatic rings. The quantitative estimate of drug-likeness (QED) is 0.326. The van der Waals surface area contributed by atoms with Gasteiger partial charge in [0.1, 0.15) is 10.9 Å². The molecule has 0 saturated carbocycles. The van der Waals surface area contributed by atoms with Gasteiger partial charge in [0.2, 0.25) is 10.0 Å². The minimum atomic E-state index is -3.76. The summed E-state index contributed by atoms with van der Waals surface area (Å²) < 4.78 is 23.2. The van der Waals surface area contributed by atoms with E-state index in [1.54, 1.807) is 18.3 Å². The van der Waals surface area contributed by atoms with Crippen molar-refractivity contribution in [3.8, 4) is 16.5 Å². The zero-order valence-corrected chi connectivity index (χ0v) is 19.4. The fourth-order valence-electron chi connectivity index (χ4n) is 4.05. The van der Waals surface area contributed by atoms with Gasteiger partial charge < -0.3 is 10.3 Å². The van der Waals surface area contributed by atoms with E-state index in [9.17, 15) is 13.7 Å². The van der Waals surface area contributed by atoms with Crippen molar-refractivity contribution in [2.45, 2.75) is 18.7 Å². The van der Waals surface area contributed by atoms with Gasteiger partial charge in [-0.25, -0.2) is 18.5 Å². The van der Waals surface area contributed by atoms with Gasteiger partial charge >= 0.3 is 0 Å². The minimum absolute atomic E-state index is 0.0629. The van der Waals surface area contributed by atoms with Gasteiger partial charge in [-0.15, -0.1) is 11.3 Å². The number of primary sulfonamides is 1. The molecule has 33 heavy (non-hydrogen) atoms. The summed E-state index contributed by atoms with van der Waals surface area (Å²) in [6, 6.07) is 14.8. The summed E-state index contributed by atoms with van der Waals surface area (Å²) in [6.45, 7) is 4.03. The number of anilines is 2. The topological polar surface area (TPSA) is 125 Å². The van der Waals surface area contributed by atoms with Crippen molar-refractivity contribution in [2.75, 3.05) is 5.32 Å². The highest BCUT2D eigenvalue weighted by atomic mass is 32.2. The number of H-pyrrole nitrogens is 1. The highest BCUT2D eigenvalue weighted by molar-refractivity contribution is 7.89. The first-order chi connectivity index (χ1) is 15.8. The number of hydrogen-bond acceptors (Lipinski definition) is 6. The van der Waals surface area contributed by atoms with E-state index in [0.29, 0.717) is 11.3 Å². The van der Waals surface area contributed by atoms with E-state index in [1.165, 1.54) is 23.5 Å². The van der Waals surface area contributed by atoms with E-state index in [2.05, 4.69) is 21.4 Å². The number of aryl methyl sites for hydroxylation is 2. The number of nitrogens with zero attached hydrogens (tertiary/aromatic N) is 2. The molecule has 0 saturated heterocycles. The molecular weight excluding hydrogens is 454 g/mol. The maximum absolute atomic E-state index is 11.6. The summed E-state index contributed by atoms with van der Waals surface area (Å²) in [6.07, 6.45) is 3.49. The number of pyridine rings is 1. The molecule has 3 aromatic heterocycles. The monoisotopic (exact) mass is 473 g/mol. The van der Waals surface area contributed by atoms with Gasteiger partial charge in [-0.3, -0.25) is 0 Å². The molecule has 2 aromatic carbocycles. The van der Waals surface area contributed by atoms with E-state index in [0.717, 1.165) is 48.4 Å². The molecule has 5 rings (SSSR count). The second-order valence-electron chi connectivity index (χ2n) is 7.77. The predicted molar refractivity (Wildman–Crippen MR) is 132 cm³/mol. The van der Waals surface area contributed by atoms with Crippen molar-refractivity contribution in [2.24, 2.45) is 5.14 Å². The summed E-state index contributed by atoms with van der Waals surface area (Å²) in [7, 11) is -3.76. The Morgan fingerprint density at radius 1 is 1.09 bits per heavy atom. The summed E-state index contributed by atoms with van der Waals surface area (Å²) in [5.41, 5.74) is 6.03. The highest BCUT2D eigenvalue weighted by Gasteiger charge is 2.19. The summed E-state index contributed by atoms with van der Waals surface area (Å²) >= 11 is 1.50. The largest absolute Gasteiger partial charge is 0.361 e. The van der Waals surface area contributed by atoms with Crippen LogP contribution < -0.4 is 10.5 Å². The number of sulfonamides is 1. The number of nitriles is 1. The van der Waals surface area contributed by atoms with Crippen molar-refractivity contribution >= 4 is 53.9 Å². The Labute approximate surface area is 194 Å². The Balaban J connectivity index is 1.67. The predicted octanol–water partition coefficient (Wildman–Crippen LogP) is 5.32. The Kier molecular flexibility index (Phi) is 4.94. The molecule has 0 fully saturated rings. The number of rotatable bonds is 4. The van der Waals surface area contributed by atoms with Crippen LogP contribution in [0.2, 0.25) is 0 Å². The van der Waals surface area contributed by atoms with Crippen LogP contribution in [0.1, 0.15) is 16.7 Å². The zero-order valence-electron chi connectivity index (χ0n) is 17.8. The summed E-state index contributed by atoms with van der Waals surface area (Å²) in [4.78, 5) is 9.54. The summed E-state index contributed by atoms with van der Waals surface area (Å²) in [5, 5.41) is 20.5. The number of aromatic nitrogens is 2. The third-order valence-corrected chi connectivity index (χ3v) is 7.97. The standard InChI is InChI=1S/C24H19N5O2S2/c1-13-18-9-10-27-20(18)8-7-19(13)29-22-16(11-25)12-28-24-21(22)14(2)23(32-24)15-3-5-17(6-4-15)33(26,30)31/h3-10,12,27H,1-2H3,(H,28,29)(H2,26,30,31). The first-order valence-corrected chi connectivity index (χ1v) is 12.4. The molecule has 164 valence electrons. The van der Waals surface area contributed by atoms with Crippen molar-refractivity contribution in [1.29, 1.82) is 5.26 Å². The number of benzene rings is 2. The van der Waals surface area contributed by atoms with Gasteiger partial charge in [0.05, 0.1) is 16.1 Å². The van der Waals surface area contributed by atoms with E-state index >= 15 is 0 Å². The molecule has 4 N–H and O–H groups in total. The average molecular weight is 474 g/mol. The van der Waals surface area contributed by atoms with E-state index in [4.69, 9.17) is 5.14 Å². The molecule has 0 aliphatic carbocycles. The number of hydrogen-bond donors (Lipinski definition) is 3. The van der Waals surface area contributed by atoms with Gasteiger partial charge in [-0.05, 0) is 60.9 Å². The second-order valence-corrected chi connectivity index (χ2v) is 10.3. The lowest BCUT2D eigenvalue weighted by Crippen LogP contribution is -2.11. The molecule has 0 aliphatic heterocycles. The highest BCUT2D eigenvalue weighted by Crippen LogP contribution is 2.43. The van der Waals surface area contributed by atoms with Gasteiger partial charge in [0, 0.05) is 39.2 Å². The lowest BCUT2D eigenvalue weighted by molar-refractivity contribution is 0.598. The van der Waals surface area contributed by atoms with Crippen LogP contribution >= 0.6 is 11.3 Å². The van der Waals surface area contributed by atoms with Gasteiger partial charge in [0.15, 0.2) is 0 Å². The number of aromatic amines is 1. The fraction of sp³-hybridized carbons (Fsp3) is 0.0833. The molecule has 7 nitrogen and oxygen atoms in total. The van der Waals surface area contributed by atoms with Crippen LogP contribution in [-0.2, 0) is 10.0 Å². The molecular formula is C24H19N5O2S2. The molecule has 0 radical (unpaired) electrons. The van der Waals surface area contributed by atoms with Crippen molar-refractivity contribution in [3.63, 3.8) is 0 Å². The Hall–Kier alpha value is -3.71. The van der Waals surface area contributed by atoms with Crippen LogP contribution in [-0.4, -0.2) is 18.4 Å². The number of thiophene rings is 1. The lowest BCUT2D eigenvalue weighted by Gasteiger charge is -2.13. The third-order valence-electron chi connectivity index (χ3n) is 5.79. The second kappa shape index (κ2) is 7.71. The third kappa shape index (κ3) is 3.54. The van der Waals surface area contributed by atoms with E-state index in [1.807, 2.05) is 38.2 Å². The molecule has 0 spiro atoms. The number of nitrogens with one attached hydrogen (secondary N) is 2. The van der Waals surface area contributed by atoms with Crippen LogP contribution in [0.3, 0.4) is 0 Å². The Bertz CT molecular complexity index is 1690. The minimum Gasteiger partial charge on any atom is -0.361 e. The molecule has 0 bridgehead atoms. The SMILES string of the molecule is Cc1c(Nc2c(C#N)cnc3sc(-c4ccc(S(N)(=O)=O)cc4)c(C)c23)ccc2[nH]ccc12. The Morgan fingerprint density at radius 3 is 2.55 bits per heavy atom. The van der Waals surface area contributed by atoms with Crippen LogP contribution in [0.4, 0.5) is 11.4 Å². The maximum atomic E-state index is 11.6. The molecule has 5 aromatic rings. The van der Waals surface area contributed by atoms with Gasteiger partial charge in [-0.1, -0.05) is 12.1 Å². The first kappa shape index (κ1) is 21.2. The van der Waals surface area contributed by atoms with Crippen molar-refractivity contribution in [1.82, 2.24) is 9.97 Å². The molecule has 0 unspecified atom stereocenters. The summed E-state index contributed by atoms with van der Waals surface area (Å²) in [5.74, 6) is 0. The average Bonchev–Trinajstić information content (AvgIpc) is 3.40. The number of nitrogens with two attached hydrogens (primary N) is 1. The Morgan fingerprint density at radius 2 is 1.85 bits per heavy atom. The maximum Gasteiger partial charge on any atom is 0.238 e. The van der Waals surface area contributed by atoms with E-state index < -0.39 is 10.0 Å². The van der Waals surface area contributed by atoms with Crippen LogP contribution in [0, 0.1) is 25.2 Å².